The van der Waals surface area contributed by atoms with E-state index in [1.165, 1.54) is 0 Å². The van der Waals surface area contributed by atoms with Crippen LogP contribution in [0, 0.1) is 0 Å². The van der Waals surface area contributed by atoms with E-state index in [0.29, 0.717) is 0 Å². The van der Waals surface area contributed by atoms with Gasteiger partial charge in [0.2, 0.25) is 5.91 Å². The predicted molar refractivity (Wildman–Crippen MR) is 53.4 cm³/mol. The first-order valence-electron chi connectivity index (χ1n) is 4.64. The molecule has 5 heteroatoms. The molecule has 0 radical (unpaired) electrons. The Morgan fingerprint density at radius 2 is 2.15 bits per heavy atom. The molecule has 1 spiro atoms. The Kier molecular flexibility index (Phi) is 2.49. The minimum atomic E-state index is -0.220. The van der Waals surface area contributed by atoms with Gasteiger partial charge in [-0.1, -0.05) is 0 Å². The monoisotopic (exact) mass is 201 g/mol. The number of thioether (sulfide) groups is 1. The van der Waals surface area contributed by atoms with Crippen LogP contribution in [0.25, 0.3) is 0 Å². The van der Waals surface area contributed by atoms with Crippen molar-refractivity contribution in [2.45, 2.75) is 23.8 Å². The molecule has 2 saturated heterocycles. The third kappa shape index (κ3) is 1.82. The smallest absolute Gasteiger partial charge is 0.235 e. The Hall–Kier alpha value is -0.260. The van der Waals surface area contributed by atoms with Crippen molar-refractivity contribution < 1.29 is 4.79 Å². The summed E-state index contributed by atoms with van der Waals surface area (Å²) in [7, 11) is 0. The van der Waals surface area contributed by atoms with Crippen molar-refractivity contribution in [3.8, 4) is 0 Å². The summed E-state index contributed by atoms with van der Waals surface area (Å²) in [4.78, 5) is 11.1. The minimum Gasteiger partial charge on any atom is -0.368 e. The first-order valence-corrected chi connectivity index (χ1v) is 5.62. The van der Waals surface area contributed by atoms with E-state index in [1.807, 2.05) is 11.8 Å². The maximum Gasteiger partial charge on any atom is 0.235 e. The Morgan fingerprint density at radius 3 is 2.69 bits per heavy atom. The van der Waals surface area contributed by atoms with E-state index in [9.17, 15) is 4.79 Å². The second kappa shape index (κ2) is 3.48. The van der Waals surface area contributed by atoms with Crippen molar-refractivity contribution in [2.75, 3.05) is 18.8 Å². The van der Waals surface area contributed by atoms with Gasteiger partial charge in [-0.15, -0.1) is 11.8 Å². The third-order valence-electron chi connectivity index (χ3n) is 2.72. The quantitative estimate of drug-likeness (QED) is 0.522. The first-order chi connectivity index (χ1) is 6.22. The van der Waals surface area contributed by atoms with E-state index in [4.69, 9.17) is 5.73 Å². The zero-order valence-electron chi connectivity index (χ0n) is 7.51. The Labute approximate surface area is 82.0 Å². The maximum absolute atomic E-state index is 11.0. The number of nitrogens with two attached hydrogens (primary N) is 1. The van der Waals surface area contributed by atoms with Gasteiger partial charge in [-0.3, -0.25) is 10.1 Å². The molecular weight excluding hydrogens is 186 g/mol. The van der Waals surface area contributed by atoms with Gasteiger partial charge in [0.25, 0.3) is 0 Å². The highest BCUT2D eigenvalue weighted by Gasteiger charge is 2.41. The number of carbonyl (C=O) groups is 1. The molecule has 2 rings (SSSR count). The zero-order valence-corrected chi connectivity index (χ0v) is 8.32. The van der Waals surface area contributed by atoms with E-state index < -0.39 is 0 Å². The molecule has 74 valence electrons. The molecule has 2 aliphatic rings. The van der Waals surface area contributed by atoms with Crippen molar-refractivity contribution in [2.24, 2.45) is 5.73 Å². The van der Waals surface area contributed by atoms with Crippen LogP contribution < -0.4 is 16.4 Å². The largest absolute Gasteiger partial charge is 0.368 e. The zero-order chi connectivity index (χ0) is 9.31. The highest BCUT2D eigenvalue weighted by Crippen LogP contribution is 2.37. The summed E-state index contributed by atoms with van der Waals surface area (Å²) in [5.74, 6) is 0.609. The van der Waals surface area contributed by atoms with Crippen LogP contribution in [0.2, 0.25) is 0 Å². The SMILES string of the molecule is NC(=O)[C@@H]1CSC2(CCNCC2)N1. The lowest BCUT2D eigenvalue weighted by Crippen LogP contribution is -2.52. The molecule has 0 aromatic carbocycles. The summed E-state index contributed by atoms with van der Waals surface area (Å²) in [6.07, 6.45) is 2.17. The fraction of sp³-hybridized carbons (Fsp3) is 0.875. The van der Waals surface area contributed by atoms with Gasteiger partial charge in [-0.05, 0) is 25.9 Å². The number of primary amides is 1. The molecule has 2 aliphatic heterocycles. The van der Waals surface area contributed by atoms with Crippen LogP contribution in [0.3, 0.4) is 0 Å². The molecule has 0 saturated carbocycles. The lowest BCUT2D eigenvalue weighted by atomic mass is 10.1. The summed E-state index contributed by atoms with van der Waals surface area (Å²) in [5, 5.41) is 6.66. The highest BCUT2D eigenvalue weighted by molar-refractivity contribution is 8.01. The molecule has 0 aromatic heterocycles. The number of carbonyl (C=O) groups excluding carboxylic acids is 1. The second-order valence-electron chi connectivity index (χ2n) is 3.65. The van der Waals surface area contributed by atoms with Crippen molar-refractivity contribution in [1.29, 1.82) is 0 Å². The van der Waals surface area contributed by atoms with Crippen LogP contribution in [0.15, 0.2) is 0 Å². The van der Waals surface area contributed by atoms with Crippen molar-refractivity contribution in [3.63, 3.8) is 0 Å². The van der Waals surface area contributed by atoms with E-state index in [1.54, 1.807) is 0 Å². The van der Waals surface area contributed by atoms with Crippen LogP contribution in [0.4, 0.5) is 0 Å². The van der Waals surface area contributed by atoms with Crippen LogP contribution in [0.1, 0.15) is 12.8 Å². The van der Waals surface area contributed by atoms with Gasteiger partial charge in [0, 0.05) is 5.75 Å². The average molecular weight is 201 g/mol. The number of hydrogen-bond donors (Lipinski definition) is 3. The third-order valence-corrected chi connectivity index (χ3v) is 4.30. The molecule has 1 amide bonds. The molecule has 4 nitrogen and oxygen atoms in total. The van der Waals surface area contributed by atoms with Gasteiger partial charge in [0.05, 0.1) is 10.9 Å². The van der Waals surface area contributed by atoms with Crippen LogP contribution in [0.5, 0.6) is 0 Å². The van der Waals surface area contributed by atoms with E-state index in [0.717, 1.165) is 31.7 Å². The summed E-state index contributed by atoms with van der Waals surface area (Å²) in [6.45, 7) is 2.07. The maximum atomic E-state index is 11.0. The summed E-state index contributed by atoms with van der Waals surface area (Å²) >= 11 is 1.85. The molecule has 0 unspecified atom stereocenters. The molecule has 13 heavy (non-hydrogen) atoms. The normalized spacial score (nSPS) is 32.2. The summed E-state index contributed by atoms with van der Waals surface area (Å²) < 4.78 is 0. The van der Waals surface area contributed by atoms with Crippen molar-refractivity contribution in [1.82, 2.24) is 10.6 Å². The first kappa shape index (κ1) is 9.30. The lowest BCUT2D eigenvalue weighted by molar-refractivity contribution is -0.119. The molecule has 0 bridgehead atoms. The molecule has 1 atom stereocenters. The van der Waals surface area contributed by atoms with Gasteiger partial charge >= 0.3 is 0 Å². The van der Waals surface area contributed by atoms with Crippen LogP contribution >= 0.6 is 11.8 Å². The summed E-state index contributed by atoms with van der Waals surface area (Å²) in [5.41, 5.74) is 5.26. The minimum absolute atomic E-state index is 0.122. The van der Waals surface area contributed by atoms with Gasteiger partial charge in [0.15, 0.2) is 0 Å². The topological polar surface area (TPSA) is 67.2 Å². The fourth-order valence-electron chi connectivity index (χ4n) is 1.92. The molecular formula is C8H15N3OS. The average Bonchev–Trinajstić information content (AvgIpc) is 2.51. The van der Waals surface area contributed by atoms with E-state index in [-0.39, 0.29) is 16.8 Å². The molecule has 4 N–H and O–H groups in total. The Bertz CT molecular complexity index is 215. The number of nitrogens with one attached hydrogen (secondary N) is 2. The number of amides is 1. The van der Waals surface area contributed by atoms with E-state index in [2.05, 4.69) is 10.6 Å². The van der Waals surface area contributed by atoms with E-state index >= 15 is 0 Å². The van der Waals surface area contributed by atoms with Crippen LogP contribution in [-0.4, -0.2) is 35.7 Å². The van der Waals surface area contributed by atoms with Crippen molar-refractivity contribution in [3.05, 3.63) is 0 Å². The molecule has 2 fully saturated rings. The highest BCUT2D eigenvalue weighted by atomic mass is 32.2. The van der Waals surface area contributed by atoms with Gasteiger partial charge < -0.3 is 11.1 Å². The van der Waals surface area contributed by atoms with Gasteiger partial charge in [-0.2, -0.15) is 0 Å². The molecule has 2 heterocycles. The van der Waals surface area contributed by atoms with Gasteiger partial charge in [0.1, 0.15) is 0 Å². The molecule has 0 aliphatic carbocycles. The second-order valence-corrected chi connectivity index (χ2v) is 5.06. The van der Waals surface area contributed by atoms with Crippen LogP contribution in [-0.2, 0) is 4.79 Å². The Balaban J connectivity index is 1.98. The predicted octanol–water partition coefficient (Wildman–Crippen LogP) is -0.744. The lowest BCUT2D eigenvalue weighted by Gasteiger charge is -2.33. The number of hydrogen-bond acceptors (Lipinski definition) is 4. The molecule has 0 aromatic rings. The Morgan fingerprint density at radius 1 is 1.46 bits per heavy atom. The van der Waals surface area contributed by atoms with Crippen molar-refractivity contribution >= 4 is 17.7 Å². The van der Waals surface area contributed by atoms with Gasteiger partial charge in [-0.25, -0.2) is 0 Å². The number of piperidine rings is 1. The fourth-order valence-corrected chi connectivity index (χ4v) is 3.37. The standard InChI is InChI=1S/C8H15N3OS/c9-7(12)6-5-13-8(11-6)1-3-10-4-2-8/h6,10-11H,1-5H2,(H2,9,12)/t6-/m0/s1. The summed E-state index contributed by atoms with van der Waals surface area (Å²) in [6, 6.07) is -0.122. The number of rotatable bonds is 1.